The number of aryl methyl sites for hydroxylation is 1. The maximum Gasteiger partial charge on any atom is 0.224 e. The van der Waals surface area contributed by atoms with Gasteiger partial charge in [0.2, 0.25) is 11.8 Å². The van der Waals surface area contributed by atoms with Crippen LogP contribution in [0.3, 0.4) is 0 Å². The Morgan fingerprint density at radius 1 is 0.923 bits per heavy atom. The molecule has 2 saturated heterocycles. The highest BCUT2D eigenvalue weighted by atomic mass is 16.2. The normalized spacial score (nSPS) is 20.3. The number of piperidine rings is 1. The molecule has 1 aromatic heterocycles. The topological polar surface area (TPSA) is 68.8 Å². The average Bonchev–Trinajstić information content (AvgIpc) is 2.92. The minimum atomic E-state index is -0.135. The third kappa shape index (κ3) is 6.95. The highest BCUT2D eigenvalue weighted by Crippen LogP contribution is 2.29. The monoisotopic (exact) mass is 527 g/mol. The lowest BCUT2D eigenvalue weighted by Crippen LogP contribution is -2.48. The van der Waals surface area contributed by atoms with Gasteiger partial charge in [-0.1, -0.05) is 44.2 Å². The Bertz CT molecular complexity index is 1290. The van der Waals surface area contributed by atoms with Gasteiger partial charge in [-0.05, 0) is 60.6 Å². The van der Waals surface area contributed by atoms with Gasteiger partial charge in [-0.2, -0.15) is 0 Å². The van der Waals surface area contributed by atoms with E-state index in [0.29, 0.717) is 24.9 Å². The number of hydrogen-bond acceptors (Lipinski definition) is 5. The van der Waals surface area contributed by atoms with Gasteiger partial charge < -0.3 is 15.1 Å². The fraction of sp³-hybridized carbons (Fsp3) is 0.469. The van der Waals surface area contributed by atoms with Crippen molar-refractivity contribution in [2.24, 2.45) is 11.8 Å². The number of fused-ring (bicyclic) bond motifs is 1. The van der Waals surface area contributed by atoms with Gasteiger partial charge >= 0.3 is 0 Å². The average molecular weight is 528 g/mol. The first-order valence-electron chi connectivity index (χ1n) is 14.3. The van der Waals surface area contributed by atoms with Crippen molar-refractivity contribution in [3.05, 3.63) is 65.7 Å². The fourth-order valence-corrected chi connectivity index (χ4v) is 6.07. The first kappa shape index (κ1) is 27.1. The van der Waals surface area contributed by atoms with Crippen LogP contribution < -0.4 is 10.2 Å². The van der Waals surface area contributed by atoms with Crippen LogP contribution in [-0.2, 0) is 16.1 Å². The van der Waals surface area contributed by atoms with Crippen LogP contribution in [-0.4, -0.2) is 65.9 Å². The third-order valence-corrected chi connectivity index (χ3v) is 8.02. The summed E-state index contributed by atoms with van der Waals surface area (Å²) in [7, 11) is 0. The second kappa shape index (κ2) is 12.2. The van der Waals surface area contributed by atoms with E-state index in [1.54, 1.807) is 0 Å². The Kier molecular flexibility index (Phi) is 8.46. The molecule has 3 aromatic rings. The van der Waals surface area contributed by atoms with Gasteiger partial charge in [-0.15, -0.1) is 0 Å². The molecule has 2 atom stereocenters. The lowest BCUT2D eigenvalue weighted by molar-refractivity contribution is -0.134. The number of benzene rings is 2. The summed E-state index contributed by atoms with van der Waals surface area (Å²) >= 11 is 0. The van der Waals surface area contributed by atoms with E-state index in [0.717, 1.165) is 60.7 Å². The summed E-state index contributed by atoms with van der Waals surface area (Å²) < 4.78 is 0. The van der Waals surface area contributed by atoms with E-state index in [4.69, 9.17) is 4.98 Å². The third-order valence-electron chi connectivity index (χ3n) is 8.02. The number of rotatable bonds is 7. The van der Waals surface area contributed by atoms with Gasteiger partial charge in [-0.25, -0.2) is 4.98 Å². The first-order valence-corrected chi connectivity index (χ1v) is 14.3. The molecule has 3 heterocycles. The maximum absolute atomic E-state index is 12.8. The molecule has 7 nitrogen and oxygen atoms in total. The molecule has 2 fully saturated rings. The molecule has 2 amide bonds. The molecule has 0 spiro atoms. The number of amides is 2. The molecule has 1 N–H and O–H groups in total. The number of pyridine rings is 1. The van der Waals surface area contributed by atoms with E-state index >= 15 is 0 Å². The van der Waals surface area contributed by atoms with Crippen LogP contribution in [0.4, 0.5) is 11.5 Å². The van der Waals surface area contributed by atoms with Crippen molar-refractivity contribution in [2.45, 2.75) is 46.6 Å². The standard InChI is InChI=1S/C32H41N5O2/c1-23-17-24(2)21-37(20-23)30-18-25(3)28-19-27(9-10-29(28)34-30)33-31(38)11-12-32(39)36-15-13-35(14-16-36)22-26-7-5-4-6-8-26/h4-10,18-19,23-24H,11-17,20-22H2,1-3H3,(H,33,38). The Morgan fingerprint density at radius 2 is 1.64 bits per heavy atom. The number of nitrogens with one attached hydrogen (secondary N) is 1. The Morgan fingerprint density at radius 3 is 2.36 bits per heavy atom. The Hall–Kier alpha value is -3.45. The molecule has 5 rings (SSSR count). The molecule has 2 aliphatic rings. The van der Waals surface area contributed by atoms with Crippen molar-refractivity contribution < 1.29 is 9.59 Å². The number of carbonyl (C=O) groups is 2. The summed E-state index contributed by atoms with van der Waals surface area (Å²) in [4.78, 5) is 37.1. The molecule has 39 heavy (non-hydrogen) atoms. The zero-order chi connectivity index (χ0) is 27.4. The van der Waals surface area contributed by atoms with Gasteiger partial charge in [-0.3, -0.25) is 14.5 Å². The van der Waals surface area contributed by atoms with Crippen molar-refractivity contribution in [3.8, 4) is 0 Å². The molecule has 0 saturated carbocycles. The van der Waals surface area contributed by atoms with Crippen LogP contribution in [0.5, 0.6) is 0 Å². The highest BCUT2D eigenvalue weighted by Gasteiger charge is 2.24. The first-order chi connectivity index (χ1) is 18.8. The smallest absolute Gasteiger partial charge is 0.224 e. The van der Waals surface area contributed by atoms with Crippen LogP contribution in [0, 0.1) is 18.8 Å². The number of nitrogens with zero attached hydrogens (tertiary/aromatic N) is 4. The summed E-state index contributed by atoms with van der Waals surface area (Å²) in [6, 6.07) is 18.5. The van der Waals surface area contributed by atoms with E-state index < -0.39 is 0 Å². The van der Waals surface area contributed by atoms with Crippen LogP contribution in [0.15, 0.2) is 54.6 Å². The predicted octanol–water partition coefficient (Wildman–Crippen LogP) is 5.09. The zero-order valence-corrected chi connectivity index (χ0v) is 23.5. The molecule has 206 valence electrons. The molecular weight excluding hydrogens is 486 g/mol. The zero-order valence-electron chi connectivity index (χ0n) is 23.5. The number of carbonyl (C=O) groups excluding carboxylic acids is 2. The van der Waals surface area contributed by atoms with Crippen LogP contribution in [0.2, 0.25) is 0 Å². The molecule has 2 aliphatic heterocycles. The van der Waals surface area contributed by atoms with Crippen molar-refractivity contribution in [1.82, 2.24) is 14.8 Å². The van der Waals surface area contributed by atoms with E-state index in [-0.39, 0.29) is 24.7 Å². The van der Waals surface area contributed by atoms with E-state index in [9.17, 15) is 9.59 Å². The van der Waals surface area contributed by atoms with Gasteiger partial charge in [0.1, 0.15) is 5.82 Å². The lowest BCUT2D eigenvalue weighted by atomic mass is 9.92. The number of piperazine rings is 1. The van der Waals surface area contributed by atoms with Gasteiger partial charge in [0.25, 0.3) is 0 Å². The number of anilines is 2. The molecule has 7 heteroatoms. The molecule has 0 aliphatic carbocycles. The Labute approximate surface area is 232 Å². The van der Waals surface area contributed by atoms with Crippen LogP contribution in [0.1, 0.15) is 44.2 Å². The summed E-state index contributed by atoms with van der Waals surface area (Å²) in [6.45, 7) is 12.8. The number of hydrogen-bond donors (Lipinski definition) is 1. The van der Waals surface area contributed by atoms with Gasteiger partial charge in [0.15, 0.2) is 0 Å². The van der Waals surface area contributed by atoms with E-state index in [1.165, 1.54) is 12.0 Å². The lowest BCUT2D eigenvalue weighted by Gasteiger charge is -2.36. The summed E-state index contributed by atoms with van der Waals surface area (Å²) in [6.07, 6.45) is 1.68. The summed E-state index contributed by atoms with van der Waals surface area (Å²) in [5, 5.41) is 4.03. The van der Waals surface area contributed by atoms with E-state index in [2.05, 4.69) is 66.2 Å². The Balaban J connectivity index is 1.11. The maximum atomic E-state index is 12.8. The molecule has 0 radical (unpaired) electrons. The molecule has 2 aromatic carbocycles. The molecular formula is C32H41N5O2. The minimum absolute atomic E-state index is 0.0527. The van der Waals surface area contributed by atoms with Gasteiger partial charge in [0, 0.05) is 69.7 Å². The quantitative estimate of drug-likeness (QED) is 0.464. The van der Waals surface area contributed by atoms with Crippen molar-refractivity contribution in [1.29, 1.82) is 0 Å². The summed E-state index contributed by atoms with van der Waals surface area (Å²) in [5.74, 6) is 2.29. The second-order valence-electron chi connectivity index (χ2n) is 11.6. The molecule has 2 unspecified atom stereocenters. The molecule has 0 bridgehead atoms. The number of aromatic nitrogens is 1. The second-order valence-corrected chi connectivity index (χ2v) is 11.6. The van der Waals surface area contributed by atoms with Crippen molar-refractivity contribution in [3.63, 3.8) is 0 Å². The van der Waals surface area contributed by atoms with Gasteiger partial charge in [0.05, 0.1) is 5.52 Å². The SMILES string of the molecule is Cc1cc(N2CC(C)CC(C)C2)nc2ccc(NC(=O)CCC(=O)N3CCN(Cc4ccccc4)CC3)cc12. The van der Waals surface area contributed by atoms with E-state index in [1.807, 2.05) is 29.2 Å². The van der Waals surface area contributed by atoms with Crippen LogP contribution >= 0.6 is 0 Å². The summed E-state index contributed by atoms with van der Waals surface area (Å²) in [5.41, 5.74) is 4.13. The van der Waals surface area contributed by atoms with Crippen molar-refractivity contribution >= 4 is 34.2 Å². The highest BCUT2D eigenvalue weighted by molar-refractivity contribution is 5.96. The fourth-order valence-electron chi connectivity index (χ4n) is 6.07. The minimum Gasteiger partial charge on any atom is -0.356 e. The van der Waals surface area contributed by atoms with Crippen molar-refractivity contribution in [2.75, 3.05) is 49.5 Å². The largest absolute Gasteiger partial charge is 0.356 e. The predicted molar refractivity (Wildman–Crippen MR) is 158 cm³/mol. The van der Waals surface area contributed by atoms with Crippen LogP contribution in [0.25, 0.3) is 10.9 Å².